The zero-order valence-electron chi connectivity index (χ0n) is 9.81. The molecule has 0 unspecified atom stereocenters. The molecule has 0 radical (unpaired) electrons. The normalized spacial score (nSPS) is 10.2. The molecule has 1 aromatic rings. The molecule has 0 spiro atoms. The topological polar surface area (TPSA) is 35.5 Å². The second-order valence-electron chi connectivity index (χ2n) is 3.66. The quantitative estimate of drug-likeness (QED) is 0.563. The van der Waals surface area contributed by atoms with Gasteiger partial charge in [0.15, 0.2) is 0 Å². The van der Waals surface area contributed by atoms with Crippen molar-refractivity contribution in [2.24, 2.45) is 5.92 Å². The number of para-hydroxylation sites is 1. The zero-order chi connectivity index (χ0) is 11.8. The SMILES string of the molecule is CCC(CC)COC(=O)Oc1ccccc1. The van der Waals surface area contributed by atoms with Crippen LogP contribution in [0.1, 0.15) is 26.7 Å². The molecule has 0 aliphatic carbocycles. The van der Waals surface area contributed by atoms with Gasteiger partial charge in [-0.15, -0.1) is 0 Å². The number of ether oxygens (including phenoxy) is 2. The zero-order valence-corrected chi connectivity index (χ0v) is 9.81. The first-order valence-electron chi connectivity index (χ1n) is 5.65. The van der Waals surface area contributed by atoms with E-state index in [1.165, 1.54) is 0 Å². The van der Waals surface area contributed by atoms with E-state index >= 15 is 0 Å². The average molecular weight is 222 g/mol. The minimum atomic E-state index is -0.627. The molecule has 0 fully saturated rings. The van der Waals surface area contributed by atoms with Gasteiger partial charge < -0.3 is 9.47 Å². The molecule has 0 saturated carbocycles. The Morgan fingerprint density at radius 1 is 1.19 bits per heavy atom. The van der Waals surface area contributed by atoms with Gasteiger partial charge in [-0.2, -0.15) is 0 Å². The lowest BCUT2D eigenvalue weighted by Gasteiger charge is -2.12. The molecule has 0 aliphatic heterocycles. The predicted octanol–water partition coefficient (Wildman–Crippen LogP) is 3.64. The van der Waals surface area contributed by atoms with E-state index < -0.39 is 6.16 Å². The third kappa shape index (κ3) is 4.34. The molecule has 0 heterocycles. The van der Waals surface area contributed by atoms with E-state index in [1.807, 2.05) is 18.2 Å². The Bertz CT molecular complexity index is 304. The molecule has 0 aromatic heterocycles. The number of hydrogen-bond acceptors (Lipinski definition) is 3. The van der Waals surface area contributed by atoms with Gasteiger partial charge in [0.05, 0.1) is 6.61 Å². The van der Waals surface area contributed by atoms with Crippen molar-refractivity contribution in [1.82, 2.24) is 0 Å². The van der Waals surface area contributed by atoms with Crippen molar-refractivity contribution in [3.05, 3.63) is 30.3 Å². The third-order valence-corrected chi connectivity index (χ3v) is 2.54. The van der Waals surface area contributed by atoms with Crippen molar-refractivity contribution in [3.8, 4) is 5.75 Å². The maximum absolute atomic E-state index is 11.3. The third-order valence-electron chi connectivity index (χ3n) is 2.54. The van der Waals surface area contributed by atoms with Gasteiger partial charge in [0.25, 0.3) is 0 Å². The molecule has 0 saturated heterocycles. The lowest BCUT2D eigenvalue weighted by molar-refractivity contribution is 0.0824. The summed E-state index contributed by atoms with van der Waals surface area (Å²) in [5.41, 5.74) is 0. The van der Waals surface area contributed by atoms with Crippen LogP contribution in [0.3, 0.4) is 0 Å². The summed E-state index contributed by atoms with van der Waals surface area (Å²) in [6.45, 7) is 4.60. The standard InChI is InChI=1S/C13H18O3/c1-3-11(4-2)10-15-13(14)16-12-8-6-5-7-9-12/h5-9,11H,3-4,10H2,1-2H3. The molecule has 1 aromatic carbocycles. The monoisotopic (exact) mass is 222 g/mol. The molecular formula is C13H18O3. The summed E-state index contributed by atoms with van der Waals surface area (Å²) in [5, 5.41) is 0. The summed E-state index contributed by atoms with van der Waals surface area (Å²) in [5.74, 6) is 0.931. The largest absolute Gasteiger partial charge is 0.513 e. The van der Waals surface area contributed by atoms with Crippen molar-refractivity contribution < 1.29 is 14.3 Å². The Morgan fingerprint density at radius 3 is 2.38 bits per heavy atom. The molecule has 0 N–H and O–H groups in total. The van der Waals surface area contributed by atoms with Crippen LogP contribution in [0.5, 0.6) is 5.75 Å². The van der Waals surface area contributed by atoms with E-state index in [0.717, 1.165) is 12.8 Å². The summed E-state index contributed by atoms with van der Waals surface area (Å²) in [6.07, 6.45) is 1.39. The first-order chi connectivity index (χ1) is 7.76. The highest BCUT2D eigenvalue weighted by Gasteiger charge is 2.09. The fourth-order valence-electron chi connectivity index (χ4n) is 1.32. The highest BCUT2D eigenvalue weighted by molar-refractivity contribution is 5.63. The van der Waals surface area contributed by atoms with Crippen LogP contribution in [0.25, 0.3) is 0 Å². The number of rotatable bonds is 5. The van der Waals surface area contributed by atoms with Crippen LogP contribution in [0.15, 0.2) is 30.3 Å². The molecule has 3 nitrogen and oxygen atoms in total. The summed E-state index contributed by atoms with van der Waals surface area (Å²) in [7, 11) is 0. The van der Waals surface area contributed by atoms with Crippen LogP contribution in [0.4, 0.5) is 4.79 Å². The minimum absolute atomic E-state index is 0.420. The molecular weight excluding hydrogens is 204 g/mol. The van der Waals surface area contributed by atoms with Crippen molar-refractivity contribution in [1.29, 1.82) is 0 Å². The maximum atomic E-state index is 11.3. The van der Waals surface area contributed by atoms with E-state index in [9.17, 15) is 4.79 Å². The van der Waals surface area contributed by atoms with Crippen molar-refractivity contribution in [2.75, 3.05) is 6.61 Å². The Labute approximate surface area is 96.4 Å². The van der Waals surface area contributed by atoms with Crippen LogP contribution in [-0.4, -0.2) is 12.8 Å². The molecule has 88 valence electrons. The van der Waals surface area contributed by atoms with Crippen molar-refractivity contribution >= 4 is 6.16 Å². The molecule has 16 heavy (non-hydrogen) atoms. The Morgan fingerprint density at radius 2 is 1.81 bits per heavy atom. The van der Waals surface area contributed by atoms with E-state index in [4.69, 9.17) is 9.47 Å². The van der Waals surface area contributed by atoms with Gasteiger partial charge in [-0.05, 0) is 18.1 Å². The lowest BCUT2D eigenvalue weighted by Crippen LogP contribution is -2.16. The van der Waals surface area contributed by atoms with E-state index in [2.05, 4.69) is 13.8 Å². The van der Waals surface area contributed by atoms with Gasteiger partial charge in [0, 0.05) is 0 Å². The van der Waals surface area contributed by atoms with E-state index in [1.54, 1.807) is 12.1 Å². The summed E-state index contributed by atoms with van der Waals surface area (Å²) < 4.78 is 10.0. The fraction of sp³-hybridized carbons (Fsp3) is 0.462. The van der Waals surface area contributed by atoms with Crippen LogP contribution in [-0.2, 0) is 4.74 Å². The van der Waals surface area contributed by atoms with Crippen LogP contribution in [0, 0.1) is 5.92 Å². The number of hydrogen-bond donors (Lipinski definition) is 0. The van der Waals surface area contributed by atoms with E-state index in [0.29, 0.717) is 18.3 Å². The molecule has 0 amide bonds. The van der Waals surface area contributed by atoms with Gasteiger partial charge in [0.1, 0.15) is 5.75 Å². The Balaban J connectivity index is 2.31. The fourth-order valence-corrected chi connectivity index (χ4v) is 1.32. The van der Waals surface area contributed by atoms with Crippen LogP contribution in [0.2, 0.25) is 0 Å². The maximum Gasteiger partial charge on any atom is 0.513 e. The van der Waals surface area contributed by atoms with Gasteiger partial charge in [-0.3, -0.25) is 0 Å². The second kappa shape index (κ2) is 6.88. The number of carbonyl (C=O) groups excluding carboxylic acids is 1. The van der Waals surface area contributed by atoms with Crippen LogP contribution >= 0.6 is 0 Å². The second-order valence-corrected chi connectivity index (χ2v) is 3.66. The highest BCUT2D eigenvalue weighted by atomic mass is 16.7. The van der Waals surface area contributed by atoms with Gasteiger partial charge >= 0.3 is 6.16 Å². The number of carbonyl (C=O) groups is 1. The first-order valence-corrected chi connectivity index (χ1v) is 5.65. The smallest absolute Gasteiger partial charge is 0.434 e. The molecule has 0 aliphatic rings. The van der Waals surface area contributed by atoms with Gasteiger partial charge in [-0.25, -0.2) is 4.79 Å². The summed E-state index contributed by atoms with van der Waals surface area (Å²) in [6, 6.07) is 8.92. The van der Waals surface area contributed by atoms with E-state index in [-0.39, 0.29) is 0 Å². The van der Waals surface area contributed by atoms with Gasteiger partial charge in [-0.1, -0.05) is 44.9 Å². The molecule has 3 heteroatoms. The Kier molecular flexibility index (Phi) is 5.40. The van der Waals surface area contributed by atoms with Gasteiger partial charge in [0.2, 0.25) is 0 Å². The lowest BCUT2D eigenvalue weighted by atomic mass is 10.1. The Hall–Kier alpha value is -1.51. The average Bonchev–Trinajstić information content (AvgIpc) is 2.31. The minimum Gasteiger partial charge on any atom is -0.434 e. The predicted molar refractivity (Wildman–Crippen MR) is 62.5 cm³/mol. The summed E-state index contributed by atoms with van der Waals surface area (Å²) >= 11 is 0. The highest BCUT2D eigenvalue weighted by Crippen LogP contribution is 2.11. The van der Waals surface area contributed by atoms with Crippen molar-refractivity contribution in [3.63, 3.8) is 0 Å². The molecule has 0 bridgehead atoms. The number of benzene rings is 1. The van der Waals surface area contributed by atoms with Crippen LogP contribution < -0.4 is 4.74 Å². The van der Waals surface area contributed by atoms with Crippen molar-refractivity contribution in [2.45, 2.75) is 26.7 Å². The first kappa shape index (κ1) is 12.6. The molecule has 0 atom stereocenters. The molecule has 1 rings (SSSR count). The summed E-state index contributed by atoms with van der Waals surface area (Å²) in [4.78, 5) is 11.3.